The van der Waals surface area contributed by atoms with Crippen molar-refractivity contribution in [3.8, 4) is 0 Å². The van der Waals surface area contributed by atoms with Crippen molar-refractivity contribution in [2.75, 3.05) is 11.9 Å². The fourth-order valence-corrected chi connectivity index (χ4v) is 2.97. The van der Waals surface area contributed by atoms with Crippen LogP contribution in [-0.4, -0.2) is 59.9 Å². The smallest absolute Gasteiger partial charge is 0.256 e. The SMILES string of the molecule is O.O=C(Nc1ncnc2c1ncn2[C@H]1C[C@H](O)[C@@H](CO)O1)c1ccccc1. The Morgan fingerprint density at radius 3 is 2.74 bits per heavy atom. The third-order valence-electron chi connectivity index (χ3n) is 4.32. The number of carbonyl (C=O) groups is 1. The van der Waals surface area contributed by atoms with E-state index in [1.54, 1.807) is 28.8 Å². The Kier molecular flexibility index (Phi) is 5.42. The van der Waals surface area contributed by atoms with Gasteiger partial charge in [-0.15, -0.1) is 0 Å². The fraction of sp³-hybridized carbons (Fsp3) is 0.294. The van der Waals surface area contributed by atoms with Crippen LogP contribution in [-0.2, 0) is 4.74 Å². The predicted octanol–water partition coefficient (Wildman–Crippen LogP) is -0.105. The number of amides is 1. The summed E-state index contributed by atoms with van der Waals surface area (Å²) < 4.78 is 7.30. The number of aliphatic hydroxyl groups is 2. The third kappa shape index (κ3) is 3.51. The van der Waals surface area contributed by atoms with Gasteiger partial charge in [-0.25, -0.2) is 15.0 Å². The summed E-state index contributed by atoms with van der Waals surface area (Å²) in [7, 11) is 0. The first-order chi connectivity index (χ1) is 12.7. The van der Waals surface area contributed by atoms with Crippen LogP contribution in [0.25, 0.3) is 11.2 Å². The summed E-state index contributed by atoms with van der Waals surface area (Å²) in [6.45, 7) is -0.266. The minimum Gasteiger partial charge on any atom is -0.412 e. The van der Waals surface area contributed by atoms with Crippen LogP contribution in [0.1, 0.15) is 23.0 Å². The Bertz CT molecular complexity index is 932. The van der Waals surface area contributed by atoms with Crippen LogP contribution in [0.5, 0.6) is 0 Å². The molecule has 0 unspecified atom stereocenters. The average Bonchev–Trinajstić information content (AvgIpc) is 3.26. The zero-order valence-electron chi connectivity index (χ0n) is 14.2. The highest BCUT2D eigenvalue weighted by atomic mass is 16.5. The maximum atomic E-state index is 12.4. The molecular weight excluding hydrogens is 354 g/mol. The highest BCUT2D eigenvalue weighted by Gasteiger charge is 2.35. The summed E-state index contributed by atoms with van der Waals surface area (Å²) in [6, 6.07) is 8.79. The Labute approximate surface area is 153 Å². The molecule has 3 heterocycles. The van der Waals surface area contributed by atoms with E-state index in [-0.39, 0.29) is 18.0 Å². The highest BCUT2D eigenvalue weighted by Crippen LogP contribution is 2.31. The lowest BCUT2D eigenvalue weighted by molar-refractivity contribution is -0.0432. The lowest BCUT2D eigenvalue weighted by Crippen LogP contribution is -2.24. The number of imidazole rings is 1. The van der Waals surface area contributed by atoms with E-state index in [1.165, 1.54) is 12.7 Å². The molecule has 1 amide bonds. The number of benzene rings is 1. The summed E-state index contributed by atoms with van der Waals surface area (Å²) in [5, 5.41) is 21.9. The standard InChI is InChI=1S/C17H17N5O4.H2O/c23-7-12-11(24)6-13(26-12)22-9-20-14-15(18-8-19-16(14)22)21-17(25)10-4-2-1-3-5-10;/h1-5,8-9,11-13,23-24H,6-7H2,(H,18,19,21,25);1H2/t11-,12+,13+;/m0./s1. The second-order valence-electron chi connectivity index (χ2n) is 5.98. The molecule has 1 aliphatic rings. The molecule has 1 aromatic carbocycles. The number of carbonyl (C=O) groups excluding carboxylic acids is 1. The van der Waals surface area contributed by atoms with Crippen LogP contribution in [0.2, 0.25) is 0 Å². The van der Waals surface area contributed by atoms with Gasteiger partial charge in [-0.1, -0.05) is 18.2 Å². The third-order valence-corrected chi connectivity index (χ3v) is 4.32. The van der Waals surface area contributed by atoms with Gasteiger partial charge in [-0.3, -0.25) is 9.36 Å². The molecule has 27 heavy (non-hydrogen) atoms. The van der Waals surface area contributed by atoms with Crippen molar-refractivity contribution in [3.05, 3.63) is 48.5 Å². The van der Waals surface area contributed by atoms with E-state index in [1.807, 2.05) is 6.07 Å². The van der Waals surface area contributed by atoms with Gasteiger partial charge in [-0.05, 0) is 12.1 Å². The molecule has 3 atom stereocenters. The minimum absolute atomic E-state index is 0. The van der Waals surface area contributed by atoms with Gasteiger partial charge in [0.2, 0.25) is 0 Å². The van der Waals surface area contributed by atoms with Crippen LogP contribution in [0.3, 0.4) is 0 Å². The molecule has 0 spiro atoms. The number of fused-ring (bicyclic) bond motifs is 1. The normalized spacial score (nSPS) is 21.8. The van der Waals surface area contributed by atoms with Gasteiger partial charge in [0.15, 0.2) is 17.0 Å². The molecule has 0 radical (unpaired) electrons. The molecule has 0 saturated carbocycles. The van der Waals surface area contributed by atoms with E-state index < -0.39 is 18.4 Å². The molecule has 1 saturated heterocycles. The predicted molar refractivity (Wildman–Crippen MR) is 95.0 cm³/mol. The summed E-state index contributed by atoms with van der Waals surface area (Å²) in [5.74, 6) is -0.00658. The summed E-state index contributed by atoms with van der Waals surface area (Å²) in [5.41, 5.74) is 1.40. The number of anilines is 1. The first kappa shape index (κ1) is 18.9. The van der Waals surface area contributed by atoms with Crippen LogP contribution in [0.4, 0.5) is 5.82 Å². The number of aromatic nitrogens is 4. The zero-order valence-corrected chi connectivity index (χ0v) is 14.2. The first-order valence-electron chi connectivity index (χ1n) is 8.15. The Balaban J connectivity index is 0.00000210. The van der Waals surface area contributed by atoms with E-state index >= 15 is 0 Å². The summed E-state index contributed by atoms with van der Waals surface area (Å²) in [4.78, 5) is 25.0. The Morgan fingerprint density at radius 1 is 1.26 bits per heavy atom. The van der Waals surface area contributed by atoms with Gasteiger partial charge in [0.1, 0.15) is 18.7 Å². The molecule has 142 valence electrons. The maximum Gasteiger partial charge on any atom is 0.256 e. The molecule has 0 aliphatic carbocycles. The van der Waals surface area contributed by atoms with Crippen LogP contribution in [0.15, 0.2) is 43.0 Å². The number of nitrogens with one attached hydrogen (secondary N) is 1. The molecule has 0 bridgehead atoms. The van der Waals surface area contributed by atoms with E-state index in [0.29, 0.717) is 29.0 Å². The Hall–Kier alpha value is -2.92. The maximum absolute atomic E-state index is 12.4. The molecule has 3 aromatic rings. The van der Waals surface area contributed by atoms with Gasteiger partial charge < -0.3 is 25.7 Å². The fourth-order valence-electron chi connectivity index (χ4n) is 2.97. The summed E-state index contributed by atoms with van der Waals surface area (Å²) in [6.07, 6.45) is 1.26. The van der Waals surface area contributed by atoms with Crippen molar-refractivity contribution in [1.82, 2.24) is 19.5 Å². The molecule has 1 fully saturated rings. The second kappa shape index (κ2) is 7.76. The van der Waals surface area contributed by atoms with Crippen molar-refractivity contribution < 1.29 is 25.2 Å². The van der Waals surface area contributed by atoms with Gasteiger partial charge >= 0.3 is 0 Å². The zero-order chi connectivity index (χ0) is 18.1. The Morgan fingerprint density at radius 2 is 2.04 bits per heavy atom. The van der Waals surface area contributed by atoms with Gasteiger partial charge in [-0.2, -0.15) is 0 Å². The van der Waals surface area contributed by atoms with E-state index in [4.69, 9.17) is 4.74 Å². The van der Waals surface area contributed by atoms with E-state index in [2.05, 4.69) is 20.3 Å². The van der Waals surface area contributed by atoms with Crippen LogP contribution < -0.4 is 5.32 Å². The number of aliphatic hydroxyl groups excluding tert-OH is 2. The lowest BCUT2D eigenvalue weighted by Gasteiger charge is -2.13. The van der Waals surface area contributed by atoms with Crippen molar-refractivity contribution >= 4 is 22.9 Å². The molecule has 4 rings (SSSR count). The quantitative estimate of drug-likeness (QED) is 0.576. The van der Waals surface area contributed by atoms with Crippen molar-refractivity contribution in [2.45, 2.75) is 24.9 Å². The lowest BCUT2D eigenvalue weighted by atomic mass is 10.2. The first-order valence-corrected chi connectivity index (χ1v) is 8.15. The van der Waals surface area contributed by atoms with E-state index in [9.17, 15) is 15.0 Å². The number of hydrogen-bond acceptors (Lipinski definition) is 7. The average molecular weight is 373 g/mol. The van der Waals surface area contributed by atoms with Crippen LogP contribution >= 0.6 is 0 Å². The van der Waals surface area contributed by atoms with Crippen molar-refractivity contribution in [1.29, 1.82) is 0 Å². The highest BCUT2D eigenvalue weighted by molar-refractivity contribution is 6.06. The van der Waals surface area contributed by atoms with Gasteiger partial charge in [0.25, 0.3) is 5.91 Å². The van der Waals surface area contributed by atoms with Gasteiger partial charge in [0, 0.05) is 12.0 Å². The molecule has 5 N–H and O–H groups in total. The molecular formula is C17H19N5O5. The van der Waals surface area contributed by atoms with Crippen LogP contribution in [0, 0.1) is 0 Å². The topological polar surface area (TPSA) is 154 Å². The minimum atomic E-state index is -0.762. The van der Waals surface area contributed by atoms with Crippen molar-refractivity contribution in [2.24, 2.45) is 0 Å². The monoisotopic (exact) mass is 373 g/mol. The van der Waals surface area contributed by atoms with E-state index in [0.717, 1.165) is 0 Å². The summed E-state index contributed by atoms with van der Waals surface area (Å²) >= 11 is 0. The number of hydrogen-bond donors (Lipinski definition) is 3. The number of nitrogens with zero attached hydrogens (tertiary/aromatic N) is 4. The number of rotatable bonds is 4. The largest absolute Gasteiger partial charge is 0.412 e. The molecule has 10 nitrogen and oxygen atoms in total. The number of ether oxygens (including phenoxy) is 1. The van der Waals surface area contributed by atoms with Gasteiger partial charge in [0.05, 0.1) is 19.0 Å². The molecule has 10 heteroatoms. The second-order valence-corrected chi connectivity index (χ2v) is 5.98. The molecule has 2 aromatic heterocycles. The molecule has 1 aliphatic heterocycles. The van der Waals surface area contributed by atoms with Crippen molar-refractivity contribution in [3.63, 3.8) is 0 Å².